The van der Waals surface area contributed by atoms with Gasteiger partial charge in [-0.15, -0.1) is 5.11 Å². The van der Waals surface area contributed by atoms with Crippen LogP contribution in [0.15, 0.2) is 83.5 Å². The molecule has 9 nitrogen and oxygen atoms in total. The third kappa shape index (κ3) is 5.79. The van der Waals surface area contributed by atoms with Crippen LogP contribution in [0.4, 0.5) is 27.5 Å². The van der Waals surface area contributed by atoms with Crippen molar-refractivity contribution in [1.82, 2.24) is 19.9 Å². The molecule has 35 heavy (non-hydrogen) atoms. The minimum Gasteiger partial charge on any atom is -0.378 e. The Morgan fingerprint density at radius 1 is 0.914 bits per heavy atom. The highest BCUT2D eigenvalue weighted by Gasteiger charge is 2.17. The molecule has 1 N–H and O–H groups in total. The number of nitrogens with one attached hydrogen (secondary N) is 1. The molecule has 0 saturated carbocycles. The lowest BCUT2D eigenvalue weighted by Crippen LogP contribution is -2.37. The van der Waals surface area contributed by atoms with E-state index in [1.165, 1.54) is 0 Å². The number of aromatic nitrogens is 4. The lowest BCUT2D eigenvalue weighted by Gasteiger charge is -2.27. The fraction of sp³-hybridized carbons (Fsp3) is 0.200. The molecule has 4 aromatic rings. The molecular formula is C25H23FN8O. The van der Waals surface area contributed by atoms with Gasteiger partial charge in [-0.3, -0.25) is 9.97 Å². The summed E-state index contributed by atoms with van der Waals surface area (Å²) in [6, 6.07) is 15.9. The topological polar surface area (TPSA) is 101 Å². The normalized spacial score (nSPS) is 13.8. The van der Waals surface area contributed by atoms with Crippen LogP contribution < -0.4 is 10.2 Å². The fourth-order valence-corrected chi connectivity index (χ4v) is 3.60. The molecule has 1 saturated heterocycles. The second-order valence-electron chi connectivity index (χ2n) is 7.82. The number of hydrogen-bond donors (Lipinski definition) is 1. The number of morpholine rings is 1. The number of halogens is 1. The van der Waals surface area contributed by atoms with Gasteiger partial charge in [0.25, 0.3) is 5.95 Å². The maximum absolute atomic E-state index is 14.1. The maximum atomic E-state index is 14.1. The Morgan fingerprint density at radius 2 is 1.74 bits per heavy atom. The summed E-state index contributed by atoms with van der Waals surface area (Å²) in [7, 11) is 0. The van der Waals surface area contributed by atoms with Gasteiger partial charge in [0, 0.05) is 31.2 Å². The average molecular weight is 471 g/mol. The molecule has 10 heteroatoms. The lowest BCUT2D eigenvalue weighted by molar-refractivity contribution is 0.122. The quantitative estimate of drug-likeness (QED) is 0.382. The molecule has 0 radical (unpaired) electrons. The fourth-order valence-electron chi connectivity index (χ4n) is 3.60. The lowest BCUT2D eigenvalue weighted by atomic mass is 10.1. The van der Waals surface area contributed by atoms with Gasteiger partial charge in [-0.25, -0.2) is 9.37 Å². The molecule has 4 heterocycles. The van der Waals surface area contributed by atoms with Crippen LogP contribution in [0.25, 0.3) is 11.1 Å². The summed E-state index contributed by atoms with van der Waals surface area (Å²) < 4.78 is 19.4. The molecule has 0 bridgehead atoms. The summed E-state index contributed by atoms with van der Waals surface area (Å²) in [5.41, 5.74) is 4.72. The van der Waals surface area contributed by atoms with E-state index in [0.717, 1.165) is 34.4 Å². The number of azo groups is 1. The predicted molar refractivity (Wildman–Crippen MR) is 130 cm³/mol. The Kier molecular flexibility index (Phi) is 6.90. The van der Waals surface area contributed by atoms with Crippen molar-refractivity contribution < 1.29 is 9.13 Å². The number of anilines is 3. The Labute approximate surface area is 201 Å². The number of nitrogens with zero attached hydrogens (tertiary/aromatic N) is 7. The molecule has 1 aromatic carbocycles. The van der Waals surface area contributed by atoms with E-state index in [1.807, 2.05) is 59.6 Å². The zero-order chi connectivity index (χ0) is 23.9. The first-order chi connectivity index (χ1) is 17.2. The third-order valence-corrected chi connectivity index (χ3v) is 5.41. The number of ether oxygens (including phenoxy) is 1. The van der Waals surface area contributed by atoms with Crippen LogP contribution in [0, 0.1) is 5.82 Å². The first-order valence-electron chi connectivity index (χ1n) is 11.2. The Hall–Kier alpha value is -4.31. The van der Waals surface area contributed by atoms with E-state index in [0.29, 0.717) is 26.3 Å². The number of pyridine rings is 2. The van der Waals surface area contributed by atoms with Crippen molar-refractivity contribution in [3.8, 4) is 11.1 Å². The molecule has 1 aliphatic rings. The molecule has 0 unspecified atom stereocenters. The summed E-state index contributed by atoms with van der Waals surface area (Å²) in [5, 5.41) is 11.5. The first-order valence-corrected chi connectivity index (χ1v) is 11.2. The van der Waals surface area contributed by atoms with Crippen molar-refractivity contribution in [2.75, 3.05) is 36.5 Å². The zero-order valence-corrected chi connectivity index (χ0v) is 18.9. The van der Waals surface area contributed by atoms with Crippen LogP contribution in [0.5, 0.6) is 0 Å². The van der Waals surface area contributed by atoms with Gasteiger partial charge >= 0.3 is 0 Å². The van der Waals surface area contributed by atoms with Gasteiger partial charge in [0.15, 0.2) is 11.6 Å². The summed E-state index contributed by atoms with van der Waals surface area (Å²) >= 11 is 0. The Morgan fingerprint density at radius 3 is 2.49 bits per heavy atom. The van der Waals surface area contributed by atoms with Crippen LogP contribution in [0.2, 0.25) is 0 Å². The molecule has 0 spiro atoms. The van der Waals surface area contributed by atoms with Crippen molar-refractivity contribution >= 4 is 23.1 Å². The SMILES string of the molecule is Fc1cnc(N=NCc2ccc(Nc3ccc(-c4cccnc4)cc3)cn2)nc1N1CCOCC1. The highest BCUT2D eigenvalue weighted by atomic mass is 19.1. The molecule has 1 aliphatic heterocycles. The molecular weight excluding hydrogens is 447 g/mol. The minimum atomic E-state index is -0.484. The van der Waals surface area contributed by atoms with Crippen LogP contribution >= 0.6 is 0 Å². The number of benzene rings is 1. The molecule has 176 valence electrons. The first kappa shape index (κ1) is 22.5. The van der Waals surface area contributed by atoms with Crippen molar-refractivity contribution in [2.24, 2.45) is 10.2 Å². The van der Waals surface area contributed by atoms with Crippen LogP contribution in [-0.2, 0) is 11.3 Å². The van der Waals surface area contributed by atoms with Gasteiger partial charge in [0.05, 0.1) is 37.0 Å². The number of hydrogen-bond acceptors (Lipinski definition) is 9. The van der Waals surface area contributed by atoms with Gasteiger partial charge in [-0.05, 0) is 41.5 Å². The smallest absolute Gasteiger partial charge is 0.270 e. The van der Waals surface area contributed by atoms with E-state index in [9.17, 15) is 4.39 Å². The monoisotopic (exact) mass is 470 g/mol. The third-order valence-electron chi connectivity index (χ3n) is 5.41. The van der Waals surface area contributed by atoms with Crippen molar-refractivity contribution in [1.29, 1.82) is 0 Å². The van der Waals surface area contributed by atoms with Crippen LogP contribution in [-0.4, -0.2) is 46.2 Å². The Balaban J connectivity index is 1.18. The summed E-state index contributed by atoms with van der Waals surface area (Å²) in [5.74, 6) is -0.150. The molecule has 0 aliphatic carbocycles. The largest absolute Gasteiger partial charge is 0.378 e. The van der Waals surface area contributed by atoms with Gasteiger partial charge < -0.3 is 15.0 Å². The maximum Gasteiger partial charge on any atom is 0.270 e. The van der Waals surface area contributed by atoms with E-state index in [1.54, 1.807) is 12.4 Å². The molecule has 0 amide bonds. The predicted octanol–water partition coefficient (Wildman–Crippen LogP) is 4.94. The summed E-state index contributed by atoms with van der Waals surface area (Å²) in [6.07, 6.45) is 6.46. The molecule has 0 atom stereocenters. The highest BCUT2D eigenvalue weighted by molar-refractivity contribution is 5.67. The van der Waals surface area contributed by atoms with E-state index in [4.69, 9.17) is 4.74 Å². The molecule has 1 fully saturated rings. The van der Waals surface area contributed by atoms with Crippen LogP contribution in [0.3, 0.4) is 0 Å². The van der Waals surface area contributed by atoms with Crippen molar-refractivity contribution in [3.05, 3.63) is 84.8 Å². The highest BCUT2D eigenvalue weighted by Crippen LogP contribution is 2.23. The van der Waals surface area contributed by atoms with Crippen LogP contribution in [0.1, 0.15) is 5.69 Å². The Bertz CT molecular complexity index is 1280. The van der Waals surface area contributed by atoms with E-state index in [2.05, 4.69) is 35.5 Å². The van der Waals surface area contributed by atoms with E-state index in [-0.39, 0.29) is 18.3 Å². The second-order valence-corrected chi connectivity index (χ2v) is 7.82. The molecule has 5 rings (SSSR count). The second kappa shape index (κ2) is 10.7. The summed E-state index contributed by atoms with van der Waals surface area (Å²) in [6.45, 7) is 2.47. The van der Waals surface area contributed by atoms with E-state index >= 15 is 0 Å². The number of rotatable bonds is 7. The standard InChI is InChI=1S/C25H23FN8O/c26-23-17-29-25(32-24(23)34-10-12-35-13-11-34)33-30-16-21-7-8-22(15-28-21)31-20-5-3-18(4-6-20)19-2-1-9-27-14-19/h1-9,14-15,17,31H,10-13,16H2. The van der Waals surface area contributed by atoms with Gasteiger partial charge in [-0.2, -0.15) is 10.1 Å². The zero-order valence-electron chi connectivity index (χ0n) is 18.9. The van der Waals surface area contributed by atoms with E-state index < -0.39 is 5.82 Å². The van der Waals surface area contributed by atoms with Crippen molar-refractivity contribution in [2.45, 2.75) is 6.54 Å². The average Bonchev–Trinajstić information content (AvgIpc) is 2.92. The summed E-state index contributed by atoms with van der Waals surface area (Å²) in [4.78, 5) is 18.5. The van der Waals surface area contributed by atoms with Gasteiger partial charge in [0.2, 0.25) is 0 Å². The molecule has 3 aromatic heterocycles. The van der Waals surface area contributed by atoms with Gasteiger partial charge in [0.1, 0.15) is 6.54 Å². The minimum absolute atomic E-state index is 0.112. The van der Waals surface area contributed by atoms with Crippen molar-refractivity contribution in [3.63, 3.8) is 0 Å². The van der Waals surface area contributed by atoms with Gasteiger partial charge in [-0.1, -0.05) is 18.2 Å².